The molecule has 0 radical (unpaired) electrons. The van der Waals surface area contributed by atoms with Crippen molar-refractivity contribution in [1.29, 1.82) is 5.26 Å². The third kappa shape index (κ3) is 3.66. The van der Waals surface area contributed by atoms with E-state index in [1.54, 1.807) is 0 Å². The number of aryl methyl sites for hydroxylation is 4. The summed E-state index contributed by atoms with van der Waals surface area (Å²) in [6, 6.07) is 38.5. The van der Waals surface area contributed by atoms with Gasteiger partial charge in [0, 0.05) is 27.1 Å². The Balaban J connectivity index is 1.53. The topological polar surface area (TPSA) is 46.5 Å². The van der Waals surface area contributed by atoms with Crippen LogP contribution < -0.4 is 0 Å². The standard InChI is InChI=1S/C40H30N4/c1-24-10-5-16-30-31-17-6-11-25(2)38(31)43(37(24)30)35-23-42-36(21-34(35)29-15-9-14-28(20-29)22-41)44-39-26(3)12-7-18-32(39)33-19-8-13-27(4)40(33)44/h5-21,23H,1-4H3. The van der Waals surface area contributed by atoms with Gasteiger partial charge < -0.3 is 4.57 Å². The molecule has 0 aliphatic heterocycles. The van der Waals surface area contributed by atoms with Crippen molar-refractivity contribution >= 4 is 43.6 Å². The number of hydrogen-bond donors (Lipinski definition) is 0. The molecule has 44 heavy (non-hydrogen) atoms. The van der Waals surface area contributed by atoms with Crippen molar-refractivity contribution in [1.82, 2.24) is 14.1 Å². The molecule has 0 amide bonds. The van der Waals surface area contributed by atoms with Crippen molar-refractivity contribution in [2.75, 3.05) is 0 Å². The van der Waals surface area contributed by atoms with E-state index >= 15 is 0 Å². The molecule has 0 saturated carbocycles. The van der Waals surface area contributed by atoms with E-state index in [4.69, 9.17) is 4.98 Å². The van der Waals surface area contributed by atoms with Crippen LogP contribution in [0, 0.1) is 39.0 Å². The van der Waals surface area contributed by atoms with E-state index in [-0.39, 0.29) is 0 Å². The minimum atomic E-state index is 0.630. The molecule has 3 heterocycles. The van der Waals surface area contributed by atoms with Gasteiger partial charge in [-0.1, -0.05) is 84.9 Å². The van der Waals surface area contributed by atoms with Crippen molar-refractivity contribution in [3.63, 3.8) is 0 Å². The lowest BCUT2D eigenvalue weighted by Crippen LogP contribution is -2.05. The maximum absolute atomic E-state index is 9.85. The molecule has 3 aromatic heterocycles. The second-order valence-corrected chi connectivity index (χ2v) is 11.8. The predicted octanol–water partition coefficient (Wildman–Crippen LogP) is 10.0. The van der Waals surface area contributed by atoms with Gasteiger partial charge >= 0.3 is 0 Å². The van der Waals surface area contributed by atoms with Crippen molar-refractivity contribution in [3.05, 3.63) is 137 Å². The van der Waals surface area contributed by atoms with Gasteiger partial charge in [-0.2, -0.15) is 5.26 Å². The van der Waals surface area contributed by atoms with Gasteiger partial charge in [-0.15, -0.1) is 0 Å². The molecule has 0 aliphatic rings. The minimum absolute atomic E-state index is 0.630. The second kappa shape index (κ2) is 9.69. The summed E-state index contributed by atoms with van der Waals surface area (Å²) in [4.78, 5) is 5.24. The highest BCUT2D eigenvalue weighted by atomic mass is 15.1. The van der Waals surface area contributed by atoms with Crippen LogP contribution in [0.5, 0.6) is 0 Å². The number of para-hydroxylation sites is 4. The molecule has 4 heteroatoms. The molecule has 4 nitrogen and oxygen atoms in total. The minimum Gasteiger partial charge on any atom is -0.307 e. The van der Waals surface area contributed by atoms with E-state index in [2.05, 4.69) is 128 Å². The summed E-state index contributed by atoms with van der Waals surface area (Å²) in [5, 5.41) is 14.7. The van der Waals surface area contributed by atoms with Crippen LogP contribution in [0.1, 0.15) is 27.8 Å². The Morgan fingerprint density at radius 3 is 1.48 bits per heavy atom. The molecule has 8 aromatic rings. The molecule has 0 aliphatic carbocycles. The van der Waals surface area contributed by atoms with E-state index in [9.17, 15) is 5.26 Å². The molecular formula is C40H30N4. The summed E-state index contributed by atoms with van der Waals surface area (Å²) in [5.41, 5.74) is 13.1. The summed E-state index contributed by atoms with van der Waals surface area (Å²) in [5.74, 6) is 0.851. The van der Waals surface area contributed by atoms with E-state index in [1.807, 2.05) is 24.4 Å². The number of fused-ring (bicyclic) bond motifs is 6. The zero-order chi connectivity index (χ0) is 30.1. The van der Waals surface area contributed by atoms with Crippen LogP contribution in [-0.4, -0.2) is 14.1 Å². The van der Waals surface area contributed by atoms with Crippen LogP contribution in [0.2, 0.25) is 0 Å². The maximum Gasteiger partial charge on any atom is 0.138 e. The molecule has 0 saturated heterocycles. The zero-order valence-electron chi connectivity index (χ0n) is 25.2. The summed E-state index contributed by atoms with van der Waals surface area (Å²) >= 11 is 0. The lowest BCUT2D eigenvalue weighted by molar-refractivity contribution is 1.05. The molecule has 8 rings (SSSR count). The molecule has 0 bridgehead atoms. The third-order valence-electron chi connectivity index (χ3n) is 9.07. The average Bonchev–Trinajstić information content (AvgIpc) is 3.57. The molecule has 0 atom stereocenters. The van der Waals surface area contributed by atoms with E-state index in [1.165, 1.54) is 54.8 Å². The number of pyridine rings is 1. The lowest BCUT2D eigenvalue weighted by Gasteiger charge is -2.18. The van der Waals surface area contributed by atoms with Crippen molar-refractivity contribution < 1.29 is 0 Å². The first-order chi connectivity index (χ1) is 21.5. The van der Waals surface area contributed by atoms with Gasteiger partial charge in [0.1, 0.15) is 5.82 Å². The first kappa shape index (κ1) is 26.0. The smallest absolute Gasteiger partial charge is 0.138 e. The van der Waals surface area contributed by atoms with Crippen molar-refractivity contribution in [2.45, 2.75) is 27.7 Å². The molecule has 0 N–H and O–H groups in total. The maximum atomic E-state index is 9.85. The van der Waals surface area contributed by atoms with Crippen LogP contribution in [0.3, 0.4) is 0 Å². The Labute approximate surface area is 256 Å². The lowest BCUT2D eigenvalue weighted by atomic mass is 10.0. The molecular weight excluding hydrogens is 536 g/mol. The van der Waals surface area contributed by atoms with E-state index < -0.39 is 0 Å². The fourth-order valence-corrected chi connectivity index (χ4v) is 7.11. The summed E-state index contributed by atoms with van der Waals surface area (Å²) in [6.07, 6.45) is 2.02. The molecule has 0 fully saturated rings. The normalized spacial score (nSPS) is 11.6. The SMILES string of the molecule is Cc1cccc2c3cccc(C)c3n(-c3cc(-c4cccc(C#N)c4)c(-n4c5c(C)cccc5c5cccc(C)c54)cn3)c12. The number of nitriles is 1. The fraction of sp³-hybridized carbons (Fsp3) is 0.100. The third-order valence-corrected chi connectivity index (χ3v) is 9.07. The monoisotopic (exact) mass is 566 g/mol. The Morgan fingerprint density at radius 2 is 1.00 bits per heavy atom. The largest absolute Gasteiger partial charge is 0.307 e. The first-order valence-electron chi connectivity index (χ1n) is 15.0. The number of benzene rings is 5. The van der Waals surface area contributed by atoms with Gasteiger partial charge in [-0.25, -0.2) is 4.98 Å². The highest BCUT2D eigenvalue weighted by Gasteiger charge is 2.22. The Hall–Kier alpha value is -5.66. The highest BCUT2D eigenvalue weighted by molar-refractivity contribution is 6.12. The summed E-state index contributed by atoms with van der Waals surface area (Å²) in [6.45, 7) is 8.69. The van der Waals surface area contributed by atoms with Gasteiger partial charge in [-0.05, 0) is 73.7 Å². The fourth-order valence-electron chi connectivity index (χ4n) is 7.11. The second-order valence-electron chi connectivity index (χ2n) is 11.8. The van der Waals surface area contributed by atoms with Crippen LogP contribution in [0.25, 0.3) is 66.2 Å². The zero-order valence-corrected chi connectivity index (χ0v) is 25.2. The number of aromatic nitrogens is 3. The molecule has 5 aromatic carbocycles. The predicted molar refractivity (Wildman–Crippen MR) is 182 cm³/mol. The Morgan fingerprint density at radius 1 is 0.545 bits per heavy atom. The van der Waals surface area contributed by atoms with E-state index in [0.29, 0.717) is 5.56 Å². The van der Waals surface area contributed by atoms with Crippen LogP contribution >= 0.6 is 0 Å². The molecule has 0 unspecified atom stereocenters. The molecule has 210 valence electrons. The van der Waals surface area contributed by atoms with Crippen LogP contribution in [-0.2, 0) is 0 Å². The van der Waals surface area contributed by atoms with Crippen molar-refractivity contribution in [2.24, 2.45) is 0 Å². The van der Waals surface area contributed by atoms with Crippen LogP contribution in [0.15, 0.2) is 109 Å². The van der Waals surface area contributed by atoms with Gasteiger partial charge in [-0.3, -0.25) is 4.57 Å². The summed E-state index contributed by atoms with van der Waals surface area (Å²) < 4.78 is 4.70. The first-order valence-corrected chi connectivity index (χ1v) is 15.0. The van der Waals surface area contributed by atoms with Gasteiger partial charge in [0.15, 0.2) is 0 Å². The number of rotatable bonds is 3. The summed E-state index contributed by atoms with van der Waals surface area (Å²) in [7, 11) is 0. The Bertz CT molecular complexity index is 2380. The van der Waals surface area contributed by atoms with Crippen molar-refractivity contribution in [3.8, 4) is 28.7 Å². The number of hydrogen-bond acceptors (Lipinski definition) is 2. The average molecular weight is 567 g/mol. The Kier molecular flexibility index (Phi) is 5.73. The van der Waals surface area contributed by atoms with Gasteiger partial charge in [0.25, 0.3) is 0 Å². The van der Waals surface area contributed by atoms with Crippen LogP contribution in [0.4, 0.5) is 0 Å². The van der Waals surface area contributed by atoms with Gasteiger partial charge in [0.2, 0.25) is 0 Å². The number of nitrogens with zero attached hydrogens (tertiary/aromatic N) is 4. The molecule has 0 spiro atoms. The highest BCUT2D eigenvalue weighted by Crippen LogP contribution is 2.41. The quantitative estimate of drug-likeness (QED) is 0.214. The van der Waals surface area contributed by atoms with E-state index in [0.717, 1.165) is 33.7 Å². The van der Waals surface area contributed by atoms with Gasteiger partial charge in [0.05, 0.1) is 45.6 Å².